The molecular weight excluding hydrogens is 283 g/mol. The van der Waals surface area contributed by atoms with Crippen LogP contribution in [-0.4, -0.2) is 20.3 Å². The Morgan fingerprint density at radius 1 is 1.32 bits per heavy atom. The highest BCUT2D eigenvalue weighted by Crippen LogP contribution is 2.20. The molecule has 22 heavy (non-hydrogen) atoms. The minimum absolute atomic E-state index is 0.157. The smallest absolute Gasteiger partial charge is 0.268 e. The maximum atomic E-state index is 13.3. The Bertz CT molecular complexity index is 849. The normalized spacial score (nSPS) is 12.5. The van der Waals surface area contributed by atoms with E-state index >= 15 is 0 Å². The standard InChI is InChI=1S/C16H17FN4O/c1-10(12-8-18-20(2)9-12)19-16(22)15-7-11-6-13(17)4-5-14(11)21(15)3/h4-10H,1-3H3,(H,19,22). The van der Waals surface area contributed by atoms with Gasteiger partial charge in [0.25, 0.3) is 5.91 Å². The largest absolute Gasteiger partial charge is 0.344 e. The Labute approximate surface area is 127 Å². The molecule has 5 nitrogen and oxygen atoms in total. The molecule has 1 amide bonds. The highest BCUT2D eigenvalue weighted by atomic mass is 19.1. The first-order valence-electron chi connectivity index (χ1n) is 7.00. The van der Waals surface area contributed by atoms with Crippen molar-refractivity contribution in [3.8, 4) is 0 Å². The molecule has 0 saturated carbocycles. The van der Waals surface area contributed by atoms with Crippen molar-refractivity contribution in [2.45, 2.75) is 13.0 Å². The molecular formula is C16H17FN4O. The second kappa shape index (κ2) is 5.29. The van der Waals surface area contributed by atoms with Crippen LogP contribution in [-0.2, 0) is 14.1 Å². The van der Waals surface area contributed by atoms with Crippen molar-refractivity contribution in [2.24, 2.45) is 14.1 Å². The van der Waals surface area contributed by atoms with E-state index in [1.165, 1.54) is 12.1 Å². The van der Waals surface area contributed by atoms with Crippen molar-refractivity contribution < 1.29 is 9.18 Å². The summed E-state index contributed by atoms with van der Waals surface area (Å²) in [5, 5.41) is 7.74. The summed E-state index contributed by atoms with van der Waals surface area (Å²) < 4.78 is 16.7. The number of carbonyl (C=O) groups excluding carboxylic acids is 1. The molecule has 0 aliphatic rings. The number of fused-ring (bicyclic) bond motifs is 1. The molecule has 1 aromatic carbocycles. The summed E-state index contributed by atoms with van der Waals surface area (Å²) in [5.74, 6) is -0.510. The van der Waals surface area contributed by atoms with Crippen LogP contribution in [0.1, 0.15) is 29.0 Å². The lowest BCUT2D eigenvalue weighted by Gasteiger charge is -2.12. The summed E-state index contributed by atoms with van der Waals surface area (Å²) in [6.07, 6.45) is 3.59. The van der Waals surface area contributed by atoms with Gasteiger partial charge in [-0.25, -0.2) is 4.39 Å². The van der Waals surface area contributed by atoms with Gasteiger partial charge in [0.05, 0.1) is 12.2 Å². The van der Waals surface area contributed by atoms with Gasteiger partial charge >= 0.3 is 0 Å². The molecule has 0 fully saturated rings. The van der Waals surface area contributed by atoms with E-state index in [1.807, 2.05) is 20.2 Å². The molecule has 0 aliphatic carbocycles. The number of nitrogens with zero attached hydrogens (tertiary/aromatic N) is 3. The van der Waals surface area contributed by atoms with E-state index in [9.17, 15) is 9.18 Å². The fraction of sp³-hybridized carbons (Fsp3) is 0.250. The second-order valence-electron chi connectivity index (χ2n) is 5.43. The molecule has 1 atom stereocenters. The molecule has 0 bridgehead atoms. The van der Waals surface area contributed by atoms with E-state index in [2.05, 4.69) is 10.4 Å². The van der Waals surface area contributed by atoms with Crippen LogP contribution >= 0.6 is 0 Å². The van der Waals surface area contributed by atoms with Gasteiger partial charge in [-0.2, -0.15) is 5.10 Å². The Morgan fingerprint density at radius 2 is 2.09 bits per heavy atom. The predicted molar refractivity (Wildman–Crippen MR) is 82.0 cm³/mol. The maximum absolute atomic E-state index is 13.3. The topological polar surface area (TPSA) is 51.9 Å². The highest BCUT2D eigenvalue weighted by molar-refractivity contribution is 5.98. The average Bonchev–Trinajstić information content (AvgIpc) is 3.03. The number of rotatable bonds is 3. The van der Waals surface area contributed by atoms with Gasteiger partial charge in [-0.15, -0.1) is 0 Å². The van der Waals surface area contributed by atoms with Crippen LogP contribution in [0.4, 0.5) is 4.39 Å². The molecule has 3 rings (SSSR count). The minimum atomic E-state index is -0.311. The van der Waals surface area contributed by atoms with Crippen LogP contribution in [0.2, 0.25) is 0 Å². The van der Waals surface area contributed by atoms with E-state index < -0.39 is 0 Å². The van der Waals surface area contributed by atoms with Gasteiger partial charge in [-0.3, -0.25) is 9.48 Å². The van der Waals surface area contributed by atoms with Crippen molar-refractivity contribution in [3.63, 3.8) is 0 Å². The van der Waals surface area contributed by atoms with Crippen LogP contribution in [0.3, 0.4) is 0 Å². The van der Waals surface area contributed by atoms with Crippen molar-refractivity contribution in [3.05, 3.63) is 53.7 Å². The first-order valence-corrected chi connectivity index (χ1v) is 7.00. The van der Waals surface area contributed by atoms with Crippen LogP contribution in [0.5, 0.6) is 0 Å². The molecule has 6 heteroatoms. The van der Waals surface area contributed by atoms with Gasteiger partial charge in [-0.05, 0) is 31.2 Å². The Morgan fingerprint density at radius 3 is 2.77 bits per heavy atom. The van der Waals surface area contributed by atoms with Crippen molar-refractivity contribution in [1.29, 1.82) is 0 Å². The van der Waals surface area contributed by atoms with Crippen LogP contribution in [0.15, 0.2) is 36.7 Å². The quantitative estimate of drug-likeness (QED) is 0.808. The number of benzene rings is 1. The fourth-order valence-electron chi connectivity index (χ4n) is 2.56. The van der Waals surface area contributed by atoms with Gasteiger partial charge in [0, 0.05) is 36.8 Å². The van der Waals surface area contributed by atoms with E-state index in [-0.39, 0.29) is 17.8 Å². The molecule has 2 heterocycles. The van der Waals surface area contributed by atoms with E-state index in [4.69, 9.17) is 0 Å². The maximum Gasteiger partial charge on any atom is 0.268 e. The molecule has 0 radical (unpaired) electrons. The summed E-state index contributed by atoms with van der Waals surface area (Å²) in [5.41, 5.74) is 2.25. The summed E-state index contributed by atoms with van der Waals surface area (Å²) in [6.45, 7) is 1.90. The summed E-state index contributed by atoms with van der Waals surface area (Å²) in [6, 6.07) is 6.03. The van der Waals surface area contributed by atoms with Gasteiger partial charge in [-0.1, -0.05) is 0 Å². The molecule has 114 valence electrons. The lowest BCUT2D eigenvalue weighted by molar-refractivity contribution is 0.0932. The van der Waals surface area contributed by atoms with Crippen molar-refractivity contribution >= 4 is 16.8 Å². The van der Waals surface area contributed by atoms with Crippen LogP contribution in [0, 0.1) is 5.82 Å². The number of hydrogen-bond donors (Lipinski definition) is 1. The number of hydrogen-bond acceptors (Lipinski definition) is 2. The number of aryl methyl sites for hydroxylation is 2. The van der Waals surface area contributed by atoms with Gasteiger partial charge in [0.1, 0.15) is 11.5 Å². The zero-order valence-electron chi connectivity index (χ0n) is 12.7. The lowest BCUT2D eigenvalue weighted by Crippen LogP contribution is -2.28. The Hall–Kier alpha value is -2.63. The monoisotopic (exact) mass is 300 g/mol. The summed E-state index contributed by atoms with van der Waals surface area (Å²) in [7, 11) is 3.63. The first kappa shape index (κ1) is 14.3. The third-order valence-corrected chi connectivity index (χ3v) is 3.81. The zero-order valence-corrected chi connectivity index (χ0v) is 12.7. The highest BCUT2D eigenvalue weighted by Gasteiger charge is 2.17. The molecule has 2 aromatic heterocycles. The van der Waals surface area contributed by atoms with E-state index in [0.717, 1.165) is 11.1 Å². The molecule has 0 aliphatic heterocycles. The summed E-state index contributed by atoms with van der Waals surface area (Å²) in [4.78, 5) is 12.5. The first-order chi connectivity index (χ1) is 10.5. The van der Waals surface area contributed by atoms with E-state index in [1.54, 1.807) is 34.6 Å². The van der Waals surface area contributed by atoms with Gasteiger partial charge in [0.2, 0.25) is 0 Å². The SMILES string of the molecule is CC(NC(=O)c1cc2cc(F)ccc2n1C)c1cnn(C)c1. The third kappa shape index (κ3) is 2.47. The van der Waals surface area contributed by atoms with Crippen molar-refractivity contribution in [1.82, 2.24) is 19.7 Å². The van der Waals surface area contributed by atoms with Gasteiger partial charge in [0.15, 0.2) is 0 Å². The van der Waals surface area contributed by atoms with Crippen molar-refractivity contribution in [2.75, 3.05) is 0 Å². The third-order valence-electron chi connectivity index (χ3n) is 3.81. The number of halogens is 1. The second-order valence-corrected chi connectivity index (χ2v) is 5.43. The molecule has 0 spiro atoms. The molecule has 1 N–H and O–H groups in total. The van der Waals surface area contributed by atoms with E-state index in [0.29, 0.717) is 11.1 Å². The number of carbonyl (C=O) groups is 1. The van der Waals surface area contributed by atoms with Crippen LogP contribution < -0.4 is 5.32 Å². The Kier molecular flexibility index (Phi) is 3.44. The average molecular weight is 300 g/mol. The Balaban J connectivity index is 1.87. The van der Waals surface area contributed by atoms with Crippen LogP contribution in [0.25, 0.3) is 10.9 Å². The number of amides is 1. The predicted octanol–water partition coefficient (Wildman–Crippen LogP) is 2.54. The zero-order chi connectivity index (χ0) is 15.9. The van der Waals surface area contributed by atoms with Gasteiger partial charge < -0.3 is 9.88 Å². The summed E-state index contributed by atoms with van der Waals surface area (Å²) >= 11 is 0. The minimum Gasteiger partial charge on any atom is -0.344 e. The fourth-order valence-corrected chi connectivity index (χ4v) is 2.56. The molecule has 0 saturated heterocycles. The molecule has 3 aromatic rings. The number of aromatic nitrogens is 3. The lowest BCUT2D eigenvalue weighted by atomic mass is 10.2. The molecule has 1 unspecified atom stereocenters. The number of nitrogens with one attached hydrogen (secondary N) is 1.